The molecule has 0 aliphatic rings. The summed E-state index contributed by atoms with van der Waals surface area (Å²) in [4.78, 5) is 0. The average Bonchev–Trinajstić information content (AvgIpc) is 3.30. The summed E-state index contributed by atoms with van der Waals surface area (Å²) in [5, 5.41) is 22.1. The molecule has 0 saturated carbocycles. The number of fused-ring (bicyclic) bond motifs is 1. The Balaban J connectivity index is 1.37. The standard InChI is InChI=1S/C18H17ClN6S/c19-14-4-1-11(2-5-14)7-15(20)10-21-18-25-24-17(26-18)12-3-6-16-13(8-12)9-22-23-16/h1-6,8-9,15H,7,10,20H2,(H,21,25)(H,22,23)/t15-/m0/s1. The van der Waals surface area contributed by atoms with Gasteiger partial charge in [-0.05, 0) is 42.3 Å². The molecule has 4 aromatic rings. The van der Waals surface area contributed by atoms with E-state index in [2.05, 4.69) is 31.8 Å². The van der Waals surface area contributed by atoms with Crippen molar-refractivity contribution in [2.75, 3.05) is 11.9 Å². The minimum Gasteiger partial charge on any atom is -0.359 e. The molecule has 0 bridgehead atoms. The summed E-state index contributed by atoms with van der Waals surface area (Å²) in [7, 11) is 0. The Hall–Kier alpha value is -2.48. The van der Waals surface area contributed by atoms with Crippen LogP contribution in [0, 0.1) is 0 Å². The lowest BCUT2D eigenvalue weighted by Crippen LogP contribution is -2.31. The molecule has 132 valence electrons. The molecule has 1 atom stereocenters. The summed E-state index contributed by atoms with van der Waals surface area (Å²) >= 11 is 7.42. The number of aromatic amines is 1. The van der Waals surface area contributed by atoms with Crippen molar-refractivity contribution in [2.24, 2.45) is 5.73 Å². The van der Waals surface area contributed by atoms with Gasteiger partial charge in [-0.2, -0.15) is 5.10 Å². The quantitative estimate of drug-likeness (QED) is 0.471. The molecule has 8 heteroatoms. The van der Waals surface area contributed by atoms with Crippen LogP contribution in [0.5, 0.6) is 0 Å². The number of anilines is 1. The van der Waals surface area contributed by atoms with Crippen LogP contribution in [0.4, 0.5) is 5.13 Å². The Morgan fingerprint density at radius 1 is 1.15 bits per heavy atom. The maximum Gasteiger partial charge on any atom is 0.206 e. The van der Waals surface area contributed by atoms with E-state index in [4.69, 9.17) is 17.3 Å². The monoisotopic (exact) mass is 384 g/mol. The zero-order valence-electron chi connectivity index (χ0n) is 13.8. The Kier molecular flexibility index (Phi) is 4.83. The van der Waals surface area contributed by atoms with E-state index in [1.165, 1.54) is 11.3 Å². The lowest BCUT2D eigenvalue weighted by atomic mass is 10.1. The predicted molar refractivity (Wildman–Crippen MR) is 107 cm³/mol. The second-order valence-electron chi connectivity index (χ2n) is 6.06. The molecule has 2 aromatic carbocycles. The highest BCUT2D eigenvalue weighted by atomic mass is 35.5. The second kappa shape index (κ2) is 7.41. The molecular weight excluding hydrogens is 368 g/mol. The normalized spacial score (nSPS) is 12.4. The molecule has 0 spiro atoms. The highest BCUT2D eigenvalue weighted by Crippen LogP contribution is 2.28. The zero-order chi connectivity index (χ0) is 17.9. The second-order valence-corrected chi connectivity index (χ2v) is 7.47. The van der Waals surface area contributed by atoms with Crippen molar-refractivity contribution in [3.05, 3.63) is 59.2 Å². The first-order chi connectivity index (χ1) is 12.7. The van der Waals surface area contributed by atoms with Gasteiger partial charge in [-0.15, -0.1) is 10.2 Å². The Morgan fingerprint density at radius 3 is 2.85 bits per heavy atom. The molecule has 0 aliphatic carbocycles. The SMILES string of the molecule is N[C@H](CNc1nnc(-c2ccc3[nH]ncc3c2)s1)Cc1ccc(Cl)cc1. The van der Waals surface area contributed by atoms with Gasteiger partial charge in [0.05, 0.1) is 11.7 Å². The Morgan fingerprint density at radius 2 is 2.00 bits per heavy atom. The maximum atomic E-state index is 6.21. The molecule has 0 unspecified atom stereocenters. The largest absolute Gasteiger partial charge is 0.359 e. The number of nitrogens with two attached hydrogens (primary N) is 1. The highest BCUT2D eigenvalue weighted by molar-refractivity contribution is 7.18. The maximum absolute atomic E-state index is 6.21. The van der Waals surface area contributed by atoms with E-state index in [0.717, 1.165) is 43.6 Å². The summed E-state index contributed by atoms with van der Waals surface area (Å²) in [6.07, 6.45) is 2.57. The van der Waals surface area contributed by atoms with Crippen molar-refractivity contribution >= 4 is 39.0 Å². The van der Waals surface area contributed by atoms with E-state index in [0.29, 0.717) is 6.54 Å². The van der Waals surface area contributed by atoms with Crippen molar-refractivity contribution in [2.45, 2.75) is 12.5 Å². The minimum atomic E-state index is -0.0224. The minimum absolute atomic E-state index is 0.0224. The first-order valence-corrected chi connectivity index (χ1v) is 9.38. The summed E-state index contributed by atoms with van der Waals surface area (Å²) < 4.78 is 0. The Bertz CT molecular complexity index is 1010. The fourth-order valence-corrected chi connectivity index (χ4v) is 3.57. The van der Waals surface area contributed by atoms with Crippen LogP contribution in [-0.4, -0.2) is 33.0 Å². The predicted octanol–water partition coefficient (Wildman–Crippen LogP) is 3.72. The molecule has 0 saturated heterocycles. The van der Waals surface area contributed by atoms with Crippen LogP contribution in [0.2, 0.25) is 5.02 Å². The van der Waals surface area contributed by atoms with Crippen LogP contribution in [0.25, 0.3) is 21.5 Å². The number of rotatable bonds is 6. The molecule has 4 N–H and O–H groups in total. The molecular formula is C18H17ClN6S. The van der Waals surface area contributed by atoms with Crippen molar-refractivity contribution in [1.29, 1.82) is 0 Å². The van der Waals surface area contributed by atoms with Crippen molar-refractivity contribution < 1.29 is 0 Å². The molecule has 2 heterocycles. The molecule has 26 heavy (non-hydrogen) atoms. The first kappa shape index (κ1) is 17.0. The summed E-state index contributed by atoms with van der Waals surface area (Å²) in [5.74, 6) is 0. The lowest BCUT2D eigenvalue weighted by molar-refractivity contribution is 0.698. The zero-order valence-corrected chi connectivity index (χ0v) is 15.4. The molecule has 0 radical (unpaired) electrons. The average molecular weight is 385 g/mol. The number of benzene rings is 2. The summed E-state index contributed by atoms with van der Waals surface area (Å²) in [6, 6.07) is 13.8. The van der Waals surface area contributed by atoms with E-state index < -0.39 is 0 Å². The topological polar surface area (TPSA) is 92.5 Å². The van der Waals surface area contributed by atoms with Crippen molar-refractivity contribution in [1.82, 2.24) is 20.4 Å². The van der Waals surface area contributed by atoms with Gasteiger partial charge in [-0.1, -0.05) is 35.1 Å². The molecule has 0 amide bonds. The third kappa shape index (κ3) is 3.85. The van der Waals surface area contributed by atoms with Crippen molar-refractivity contribution in [3.63, 3.8) is 0 Å². The highest BCUT2D eigenvalue weighted by Gasteiger charge is 2.10. The number of hydrogen-bond acceptors (Lipinski definition) is 6. The van der Waals surface area contributed by atoms with Gasteiger partial charge in [-0.25, -0.2) is 0 Å². The van der Waals surface area contributed by atoms with Crippen LogP contribution in [0.15, 0.2) is 48.7 Å². The van der Waals surface area contributed by atoms with Gasteiger partial charge in [0, 0.05) is 28.6 Å². The lowest BCUT2D eigenvalue weighted by Gasteiger charge is -2.12. The Labute approximate surface area is 159 Å². The number of hydrogen-bond donors (Lipinski definition) is 3. The summed E-state index contributed by atoms with van der Waals surface area (Å²) in [6.45, 7) is 0.623. The summed E-state index contributed by atoms with van der Waals surface area (Å²) in [5.41, 5.74) is 9.40. The molecule has 6 nitrogen and oxygen atoms in total. The van der Waals surface area contributed by atoms with Crippen LogP contribution < -0.4 is 11.1 Å². The smallest absolute Gasteiger partial charge is 0.206 e. The van der Waals surface area contributed by atoms with E-state index in [1.807, 2.05) is 36.4 Å². The van der Waals surface area contributed by atoms with Crippen LogP contribution in [-0.2, 0) is 6.42 Å². The molecule has 0 fully saturated rings. The molecule has 2 aromatic heterocycles. The van der Waals surface area contributed by atoms with Gasteiger partial charge >= 0.3 is 0 Å². The van der Waals surface area contributed by atoms with E-state index in [9.17, 15) is 0 Å². The van der Waals surface area contributed by atoms with Gasteiger partial charge in [-0.3, -0.25) is 5.10 Å². The van der Waals surface area contributed by atoms with Crippen LogP contribution >= 0.6 is 22.9 Å². The van der Waals surface area contributed by atoms with Gasteiger partial charge in [0.25, 0.3) is 0 Å². The molecule has 4 rings (SSSR count). The number of halogens is 1. The molecule has 0 aliphatic heterocycles. The van der Waals surface area contributed by atoms with Gasteiger partial charge in [0.15, 0.2) is 0 Å². The van der Waals surface area contributed by atoms with Crippen LogP contribution in [0.3, 0.4) is 0 Å². The number of H-pyrrole nitrogens is 1. The number of aromatic nitrogens is 4. The van der Waals surface area contributed by atoms with E-state index in [1.54, 1.807) is 6.20 Å². The van der Waals surface area contributed by atoms with Gasteiger partial charge in [0.2, 0.25) is 5.13 Å². The van der Waals surface area contributed by atoms with Gasteiger partial charge < -0.3 is 11.1 Å². The fraction of sp³-hybridized carbons (Fsp3) is 0.167. The van der Waals surface area contributed by atoms with Gasteiger partial charge in [0.1, 0.15) is 5.01 Å². The van der Waals surface area contributed by atoms with Crippen LogP contribution in [0.1, 0.15) is 5.56 Å². The van der Waals surface area contributed by atoms with E-state index >= 15 is 0 Å². The fourth-order valence-electron chi connectivity index (χ4n) is 2.70. The number of nitrogens with zero attached hydrogens (tertiary/aromatic N) is 3. The first-order valence-electron chi connectivity index (χ1n) is 8.18. The van der Waals surface area contributed by atoms with Crippen molar-refractivity contribution in [3.8, 4) is 10.6 Å². The number of nitrogens with one attached hydrogen (secondary N) is 2. The van der Waals surface area contributed by atoms with E-state index in [-0.39, 0.29) is 6.04 Å². The third-order valence-corrected chi connectivity index (χ3v) is 5.22. The third-order valence-electron chi connectivity index (χ3n) is 4.04.